The highest BCUT2D eigenvalue weighted by atomic mass is 16.5. The first-order chi connectivity index (χ1) is 17.7. The lowest BCUT2D eigenvalue weighted by Gasteiger charge is -2.12. The molecule has 3 heterocycles. The molecule has 0 saturated carbocycles. The number of anilines is 2. The first-order valence-corrected chi connectivity index (χ1v) is 11.7. The molecule has 1 atom stereocenters. The Morgan fingerprint density at radius 1 is 1.19 bits per heavy atom. The van der Waals surface area contributed by atoms with Gasteiger partial charge in [-0.25, -0.2) is 9.97 Å². The number of aromatic nitrogens is 3. The average molecular weight is 480 g/mol. The van der Waals surface area contributed by atoms with Gasteiger partial charge in [0.25, 0.3) is 0 Å². The Balaban J connectivity index is 1.29. The summed E-state index contributed by atoms with van der Waals surface area (Å²) in [5.74, 6) is 8.17. The number of ether oxygens (including phenoxy) is 2. The molecule has 5 rings (SSSR count). The van der Waals surface area contributed by atoms with Crippen molar-refractivity contribution >= 4 is 28.3 Å². The topological polar surface area (TPSA) is 98.3 Å². The Morgan fingerprint density at radius 2 is 2.14 bits per heavy atom. The number of nitrogens with zero attached hydrogens (tertiary/aromatic N) is 3. The van der Waals surface area contributed by atoms with Crippen LogP contribution in [0.3, 0.4) is 0 Å². The highest BCUT2D eigenvalue weighted by Crippen LogP contribution is 2.29. The van der Waals surface area contributed by atoms with Crippen LogP contribution in [0.4, 0.5) is 11.5 Å². The van der Waals surface area contributed by atoms with Crippen molar-refractivity contribution in [1.82, 2.24) is 20.3 Å². The molecule has 36 heavy (non-hydrogen) atoms. The van der Waals surface area contributed by atoms with Crippen molar-refractivity contribution < 1.29 is 14.3 Å². The van der Waals surface area contributed by atoms with Crippen molar-refractivity contribution in [3.8, 4) is 23.3 Å². The SMILES string of the molecule is Cc1cc(Nc2ncnc3ccc(C#CCNC(=O)C4CCOC4)cc23)ccc1Oc1cccnc1. The van der Waals surface area contributed by atoms with Gasteiger partial charge >= 0.3 is 0 Å². The van der Waals surface area contributed by atoms with E-state index in [2.05, 4.69) is 37.4 Å². The van der Waals surface area contributed by atoms with Gasteiger partial charge in [0.2, 0.25) is 5.91 Å². The molecule has 8 nitrogen and oxygen atoms in total. The summed E-state index contributed by atoms with van der Waals surface area (Å²) in [6.45, 7) is 3.40. The second-order valence-corrected chi connectivity index (χ2v) is 8.43. The maximum atomic E-state index is 12.1. The smallest absolute Gasteiger partial charge is 0.226 e. The highest BCUT2D eigenvalue weighted by molar-refractivity contribution is 5.91. The van der Waals surface area contributed by atoms with Crippen LogP contribution >= 0.6 is 0 Å². The Kier molecular flexibility index (Phi) is 7.01. The van der Waals surface area contributed by atoms with Crippen molar-refractivity contribution in [1.29, 1.82) is 0 Å². The number of aryl methyl sites for hydroxylation is 1. The van der Waals surface area contributed by atoms with Gasteiger partial charge in [0.15, 0.2) is 0 Å². The van der Waals surface area contributed by atoms with Crippen LogP contribution in [0.15, 0.2) is 67.3 Å². The quantitative estimate of drug-likeness (QED) is 0.396. The van der Waals surface area contributed by atoms with Gasteiger partial charge in [-0.05, 0) is 67.4 Å². The van der Waals surface area contributed by atoms with Gasteiger partial charge < -0.3 is 20.1 Å². The number of carbonyl (C=O) groups excluding carboxylic acids is 1. The molecule has 0 spiro atoms. The highest BCUT2D eigenvalue weighted by Gasteiger charge is 2.22. The summed E-state index contributed by atoms with van der Waals surface area (Å²) >= 11 is 0. The maximum Gasteiger partial charge on any atom is 0.226 e. The second kappa shape index (κ2) is 10.8. The molecule has 1 aliphatic heterocycles. The van der Waals surface area contributed by atoms with E-state index >= 15 is 0 Å². The molecule has 2 aromatic heterocycles. The Labute approximate surface area is 209 Å². The fourth-order valence-electron chi connectivity index (χ4n) is 3.91. The van der Waals surface area contributed by atoms with Crippen LogP contribution in [-0.2, 0) is 9.53 Å². The van der Waals surface area contributed by atoms with Crippen molar-refractivity contribution in [2.45, 2.75) is 13.3 Å². The van der Waals surface area contributed by atoms with Crippen molar-refractivity contribution in [2.24, 2.45) is 5.92 Å². The standard InChI is InChI=1S/C28H25N5O3/c1-19-14-22(7-9-26(19)36-23-5-3-11-29-16-23)33-27-24-15-20(6-8-25(24)31-18-32-27)4-2-12-30-28(34)21-10-13-35-17-21/h3,5-9,11,14-16,18,21H,10,12-13,17H2,1H3,(H,30,34)(H,31,32,33). The molecule has 2 N–H and O–H groups in total. The third-order valence-electron chi connectivity index (χ3n) is 5.82. The predicted molar refractivity (Wildman–Crippen MR) is 137 cm³/mol. The molecule has 1 amide bonds. The molecular formula is C28H25N5O3. The minimum Gasteiger partial charge on any atom is -0.455 e. The number of nitrogens with one attached hydrogen (secondary N) is 2. The molecule has 2 aromatic carbocycles. The Morgan fingerprint density at radius 3 is 2.94 bits per heavy atom. The minimum absolute atomic E-state index is 0.00709. The molecule has 1 saturated heterocycles. The minimum atomic E-state index is -0.0714. The van der Waals surface area contributed by atoms with E-state index in [1.165, 1.54) is 6.33 Å². The van der Waals surface area contributed by atoms with E-state index in [-0.39, 0.29) is 18.4 Å². The summed E-state index contributed by atoms with van der Waals surface area (Å²) in [5.41, 5.74) is 3.47. The van der Waals surface area contributed by atoms with Crippen molar-refractivity contribution in [3.63, 3.8) is 0 Å². The molecule has 8 heteroatoms. The van der Waals surface area contributed by atoms with Crippen molar-refractivity contribution in [3.05, 3.63) is 78.4 Å². The van der Waals surface area contributed by atoms with E-state index in [0.717, 1.165) is 39.9 Å². The number of rotatable bonds is 6. The molecule has 1 unspecified atom stereocenters. The van der Waals surface area contributed by atoms with Crippen LogP contribution in [-0.4, -0.2) is 40.6 Å². The monoisotopic (exact) mass is 479 g/mol. The normalized spacial score (nSPS) is 14.6. The van der Waals surface area contributed by atoms with Gasteiger partial charge in [-0.1, -0.05) is 11.8 Å². The molecule has 0 aliphatic carbocycles. The van der Waals surface area contributed by atoms with E-state index in [9.17, 15) is 4.79 Å². The number of benzene rings is 2. The summed E-state index contributed by atoms with van der Waals surface area (Å²) < 4.78 is 11.2. The number of pyridine rings is 1. The summed E-state index contributed by atoms with van der Waals surface area (Å²) in [6.07, 6.45) is 5.68. The zero-order chi connectivity index (χ0) is 24.7. The Bertz CT molecular complexity index is 1440. The van der Waals surface area contributed by atoms with Crippen LogP contribution < -0.4 is 15.4 Å². The van der Waals surface area contributed by atoms with Crippen LogP contribution in [0.5, 0.6) is 11.5 Å². The van der Waals surface area contributed by atoms with Gasteiger partial charge in [-0.3, -0.25) is 9.78 Å². The lowest BCUT2D eigenvalue weighted by Crippen LogP contribution is -2.31. The van der Waals surface area contributed by atoms with Crippen molar-refractivity contribution in [2.75, 3.05) is 25.1 Å². The van der Waals surface area contributed by atoms with Crippen LogP contribution in [0.1, 0.15) is 17.5 Å². The number of fused-ring (bicyclic) bond motifs is 1. The van der Waals surface area contributed by atoms with Crippen LogP contribution in [0, 0.1) is 24.7 Å². The van der Waals surface area contributed by atoms with Gasteiger partial charge in [0, 0.05) is 29.4 Å². The number of hydrogen-bond acceptors (Lipinski definition) is 7. The number of carbonyl (C=O) groups is 1. The van der Waals surface area contributed by atoms with E-state index in [4.69, 9.17) is 9.47 Å². The summed E-state index contributed by atoms with van der Waals surface area (Å²) in [4.78, 5) is 25.0. The summed E-state index contributed by atoms with van der Waals surface area (Å²) in [7, 11) is 0. The molecule has 0 radical (unpaired) electrons. The fourth-order valence-corrected chi connectivity index (χ4v) is 3.91. The first kappa shape index (κ1) is 23.3. The average Bonchev–Trinajstić information content (AvgIpc) is 3.44. The van der Waals surface area contributed by atoms with Gasteiger partial charge in [0.05, 0.1) is 30.8 Å². The van der Waals surface area contributed by atoms with E-state index in [1.807, 2.05) is 55.5 Å². The third-order valence-corrected chi connectivity index (χ3v) is 5.82. The van der Waals surface area contributed by atoms with Crippen LogP contribution in [0.25, 0.3) is 10.9 Å². The molecule has 4 aromatic rings. The lowest BCUT2D eigenvalue weighted by atomic mass is 10.1. The molecule has 0 bridgehead atoms. The summed E-state index contributed by atoms with van der Waals surface area (Å²) in [6, 6.07) is 15.3. The largest absolute Gasteiger partial charge is 0.455 e. The first-order valence-electron chi connectivity index (χ1n) is 11.7. The van der Waals surface area contributed by atoms with Crippen LogP contribution in [0.2, 0.25) is 0 Å². The zero-order valence-electron chi connectivity index (χ0n) is 19.8. The van der Waals surface area contributed by atoms with Gasteiger partial charge in [-0.2, -0.15) is 0 Å². The summed E-state index contributed by atoms with van der Waals surface area (Å²) in [5, 5.41) is 7.09. The third kappa shape index (κ3) is 5.59. The maximum absolute atomic E-state index is 12.1. The molecule has 180 valence electrons. The fraction of sp³-hybridized carbons (Fsp3) is 0.214. The van der Waals surface area contributed by atoms with E-state index in [1.54, 1.807) is 12.4 Å². The zero-order valence-corrected chi connectivity index (χ0v) is 19.8. The lowest BCUT2D eigenvalue weighted by molar-refractivity contribution is -0.124. The molecular weight excluding hydrogens is 454 g/mol. The van der Waals surface area contributed by atoms with E-state index < -0.39 is 0 Å². The molecule has 1 fully saturated rings. The predicted octanol–water partition coefficient (Wildman–Crippen LogP) is 4.37. The second-order valence-electron chi connectivity index (χ2n) is 8.43. The van der Waals surface area contributed by atoms with E-state index in [0.29, 0.717) is 24.8 Å². The Hall–Kier alpha value is -4.48. The number of amides is 1. The number of hydrogen-bond donors (Lipinski definition) is 2. The van der Waals surface area contributed by atoms with Gasteiger partial charge in [0.1, 0.15) is 23.6 Å². The van der Waals surface area contributed by atoms with Gasteiger partial charge in [-0.15, -0.1) is 0 Å². The molecule has 1 aliphatic rings.